The molecule has 0 aliphatic carbocycles. The zero-order chi connectivity index (χ0) is 13.7. The third kappa shape index (κ3) is 3.62. The third-order valence-corrected chi connectivity index (χ3v) is 3.62. The minimum absolute atomic E-state index is 0.0109. The molecule has 19 heavy (non-hydrogen) atoms. The van der Waals surface area contributed by atoms with Gasteiger partial charge in [0.15, 0.2) is 0 Å². The van der Waals surface area contributed by atoms with E-state index in [2.05, 4.69) is 10.4 Å². The fourth-order valence-electron chi connectivity index (χ4n) is 1.74. The van der Waals surface area contributed by atoms with Gasteiger partial charge in [0.1, 0.15) is 0 Å². The van der Waals surface area contributed by atoms with E-state index in [1.54, 1.807) is 17.4 Å². The molecule has 0 aromatic carbocycles. The number of amides is 1. The van der Waals surface area contributed by atoms with Gasteiger partial charge < -0.3 is 0 Å². The van der Waals surface area contributed by atoms with Crippen molar-refractivity contribution in [2.24, 2.45) is 0 Å². The van der Waals surface area contributed by atoms with Gasteiger partial charge in [0.2, 0.25) is 0 Å². The highest BCUT2D eigenvalue weighted by atomic mass is 32.1. The van der Waals surface area contributed by atoms with Crippen LogP contribution in [-0.4, -0.2) is 22.4 Å². The van der Waals surface area contributed by atoms with Crippen molar-refractivity contribution in [3.63, 3.8) is 0 Å². The summed E-state index contributed by atoms with van der Waals surface area (Å²) in [5, 5.41) is 1.65. The first-order valence-electron chi connectivity index (χ1n) is 6.21. The van der Waals surface area contributed by atoms with Gasteiger partial charge in [-0.05, 0) is 36.8 Å². The summed E-state index contributed by atoms with van der Waals surface area (Å²) in [5.41, 5.74) is 4.16. The summed E-state index contributed by atoms with van der Waals surface area (Å²) in [7, 11) is 0. The molecule has 0 saturated carbocycles. The predicted molar refractivity (Wildman–Crippen MR) is 76.8 cm³/mol. The minimum atomic E-state index is 0.0109. The van der Waals surface area contributed by atoms with Crippen molar-refractivity contribution in [1.82, 2.24) is 15.4 Å². The monoisotopic (exact) mass is 275 g/mol. The van der Waals surface area contributed by atoms with Gasteiger partial charge in [0.05, 0.1) is 11.4 Å². The van der Waals surface area contributed by atoms with E-state index in [9.17, 15) is 4.79 Å². The van der Waals surface area contributed by atoms with Crippen molar-refractivity contribution in [2.75, 3.05) is 6.54 Å². The molecular weight excluding hydrogens is 258 g/mol. The summed E-state index contributed by atoms with van der Waals surface area (Å²) in [6, 6.07) is 7.67. The fraction of sp³-hybridized carbons (Fsp3) is 0.286. The van der Waals surface area contributed by atoms with Crippen LogP contribution in [0.1, 0.15) is 27.0 Å². The highest BCUT2D eigenvalue weighted by Crippen LogP contribution is 2.17. The van der Waals surface area contributed by atoms with E-state index < -0.39 is 0 Å². The number of aryl methyl sites for hydroxylation is 1. The number of carbonyl (C=O) groups excluding carboxylic acids is 1. The maximum Gasteiger partial charge on any atom is 0.278 e. The Hall–Kier alpha value is -1.72. The maximum atomic E-state index is 12.4. The Morgan fingerprint density at radius 2 is 2.05 bits per heavy atom. The van der Waals surface area contributed by atoms with Crippen molar-refractivity contribution < 1.29 is 4.79 Å². The number of rotatable bonds is 5. The molecule has 2 rings (SSSR count). The standard InChI is InChI=1S/C14H17N3OS/c1-3-16-17(10-12-6-8-15-9-7-12)14(18)13-5-4-11(2)19-13/h4-9,16H,3,10H2,1-2H3. The van der Waals surface area contributed by atoms with E-state index in [1.165, 1.54) is 11.3 Å². The maximum absolute atomic E-state index is 12.4. The van der Waals surface area contributed by atoms with Crippen molar-refractivity contribution >= 4 is 17.2 Å². The van der Waals surface area contributed by atoms with Gasteiger partial charge in [-0.2, -0.15) is 0 Å². The van der Waals surface area contributed by atoms with Crippen LogP contribution in [0.15, 0.2) is 36.7 Å². The van der Waals surface area contributed by atoms with E-state index in [0.717, 1.165) is 15.3 Å². The molecule has 100 valence electrons. The smallest absolute Gasteiger partial charge is 0.269 e. The Morgan fingerprint density at radius 1 is 1.32 bits per heavy atom. The highest BCUT2D eigenvalue weighted by Gasteiger charge is 2.16. The molecule has 0 aliphatic rings. The van der Waals surface area contributed by atoms with Crippen LogP contribution in [0.5, 0.6) is 0 Å². The Kier molecular flexibility index (Phi) is 4.65. The molecule has 0 unspecified atom stereocenters. The van der Waals surface area contributed by atoms with E-state index in [0.29, 0.717) is 13.1 Å². The number of nitrogens with one attached hydrogen (secondary N) is 1. The molecule has 0 spiro atoms. The summed E-state index contributed by atoms with van der Waals surface area (Å²) in [4.78, 5) is 18.3. The lowest BCUT2D eigenvalue weighted by Gasteiger charge is -2.22. The Morgan fingerprint density at radius 3 is 2.63 bits per heavy atom. The number of thiophene rings is 1. The largest absolute Gasteiger partial charge is 0.278 e. The number of hydrogen-bond acceptors (Lipinski definition) is 4. The molecule has 2 aromatic heterocycles. The molecule has 2 heterocycles. The molecule has 0 aliphatic heterocycles. The van der Waals surface area contributed by atoms with E-state index in [-0.39, 0.29) is 5.91 Å². The third-order valence-electron chi connectivity index (χ3n) is 2.64. The molecule has 0 bridgehead atoms. The second kappa shape index (κ2) is 6.45. The van der Waals surface area contributed by atoms with Gasteiger partial charge in [-0.25, -0.2) is 5.43 Å². The molecular formula is C14H17N3OS. The second-order valence-electron chi connectivity index (χ2n) is 4.17. The first kappa shape index (κ1) is 13.7. The Balaban J connectivity index is 2.13. The van der Waals surface area contributed by atoms with Crippen LogP contribution in [0.3, 0.4) is 0 Å². The van der Waals surface area contributed by atoms with Crippen molar-refractivity contribution in [1.29, 1.82) is 0 Å². The van der Waals surface area contributed by atoms with E-state index in [4.69, 9.17) is 0 Å². The van der Waals surface area contributed by atoms with Gasteiger partial charge in [0.25, 0.3) is 5.91 Å². The zero-order valence-electron chi connectivity index (χ0n) is 11.1. The second-order valence-corrected chi connectivity index (χ2v) is 5.46. The number of carbonyl (C=O) groups is 1. The van der Waals surface area contributed by atoms with Gasteiger partial charge in [0, 0.05) is 23.8 Å². The number of pyridine rings is 1. The lowest BCUT2D eigenvalue weighted by Crippen LogP contribution is -2.41. The fourth-order valence-corrected chi connectivity index (χ4v) is 2.56. The molecule has 0 atom stereocenters. The molecule has 2 aromatic rings. The van der Waals surface area contributed by atoms with Crippen molar-refractivity contribution in [2.45, 2.75) is 20.4 Å². The highest BCUT2D eigenvalue weighted by molar-refractivity contribution is 7.13. The van der Waals surface area contributed by atoms with E-state index >= 15 is 0 Å². The SMILES string of the molecule is CCNN(Cc1ccncc1)C(=O)c1ccc(C)s1. The normalized spacial score (nSPS) is 10.4. The van der Waals surface area contributed by atoms with Crippen LogP contribution in [0.2, 0.25) is 0 Å². The summed E-state index contributed by atoms with van der Waals surface area (Å²) in [6.45, 7) is 5.22. The topological polar surface area (TPSA) is 45.2 Å². The summed E-state index contributed by atoms with van der Waals surface area (Å²) in [5.74, 6) is 0.0109. The lowest BCUT2D eigenvalue weighted by molar-refractivity contribution is 0.0650. The minimum Gasteiger partial charge on any atom is -0.269 e. The molecule has 0 fully saturated rings. The average Bonchev–Trinajstić information content (AvgIpc) is 2.85. The summed E-state index contributed by atoms with van der Waals surface area (Å²) in [6.07, 6.45) is 3.47. The first-order chi connectivity index (χ1) is 9.20. The molecule has 4 nitrogen and oxygen atoms in total. The van der Waals surface area contributed by atoms with Crippen molar-refractivity contribution in [3.8, 4) is 0 Å². The molecule has 1 amide bonds. The molecule has 0 saturated heterocycles. The number of nitrogens with zero attached hydrogens (tertiary/aromatic N) is 2. The van der Waals surface area contributed by atoms with Gasteiger partial charge in [-0.15, -0.1) is 11.3 Å². The van der Waals surface area contributed by atoms with Gasteiger partial charge in [-0.1, -0.05) is 6.92 Å². The quantitative estimate of drug-likeness (QED) is 0.853. The number of hydrazine groups is 1. The van der Waals surface area contributed by atoms with Gasteiger partial charge in [-0.3, -0.25) is 14.8 Å². The zero-order valence-corrected chi connectivity index (χ0v) is 11.9. The Bertz CT molecular complexity index is 539. The molecule has 5 heteroatoms. The van der Waals surface area contributed by atoms with Crippen LogP contribution in [-0.2, 0) is 6.54 Å². The van der Waals surface area contributed by atoms with Crippen LogP contribution >= 0.6 is 11.3 Å². The first-order valence-corrected chi connectivity index (χ1v) is 7.03. The van der Waals surface area contributed by atoms with Crippen LogP contribution in [0, 0.1) is 6.92 Å². The summed E-state index contributed by atoms with van der Waals surface area (Å²) < 4.78 is 0. The van der Waals surface area contributed by atoms with Crippen LogP contribution < -0.4 is 5.43 Å². The van der Waals surface area contributed by atoms with Crippen LogP contribution in [0.4, 0.5) is 0 Å². The average molecular weight is 275 g/mol. The molecule has 0 radical (unpaired) electrons. The van der Waals surface area contributed by atoms with Crippen LogP contribution in [0.25, 0.3) is 0 Å². The van der Waals surface area contributed by atoms with E-state index in [1.807, 2.05) is 38.1 Å². The summed E-state index contributed by atoms with van der Waals surface area (Å²) >= 11 is 1.52. The number of hydrogen-bond donors (Lipinski definition) is 1. The lowest BCUT2D eigenvalue weighted by atomic mass is 10.2. The predicted octanol–water partition coefficient (Wildman–Crippen LogP) is 2.62. The number of aromatic nitrogens is 1. The van der Waals surface area contributed by atoms with Crippen molar-refractivity contribution in [3.05, 3.63) is 52.0 Å². The Labute approximate surface area is 117 Å². The molecule has 1 N–H and O–H groups in total. The van der Waals surface area contributed by atoms with Gasteiger partial charge >= 0.3 is 0 Å².